The lowest BCUT2D eigenvalue weighted by atomic mass is 10.2. The lowest BCUT2D eigenvalue weighted by Crippen LogP contribution is -2.02. The van der Waals surface area contributed by atoms with Crippen LogP contribution in [0, 0.1) is 0 Å². The molecule has 0 radical (unpaired) electrons. The van der Waals surface area contributed by atoms with Gasteiger partial charge in [0.25, 0.3) is 0 Å². The van der Waals surface area contributed by atoms with E-state index in [0.717, 1.165) is 11.1 Å². The molecule has 2 aromatic carbocycles. The van der Waals surface area contributed by atoms with Crippen molar-refractivity contribution in [2.45, 2.75) is 11.5 Å². The van der Waals surface area contributed by atoms with E-state index < -0.39 is 10.8 Å². The number of halogens is 1. The van der Waals surface area contributed by atoms with Gasteiger partial charge >= 0.3 is 0 Å². The van der Waals surface area contributed by atoms with Crippen molar-refractivity contribution < 1.29 is 8.95 Å². The number of ether oxygens (including phenoxy) is 1. The van der Waals surface area contributed by atoms with Crippen LogP contribution in [-0.2, 0) is 22.3 Å². The molecule has 0 saturated heterocycles. The van der Waals surface area contributed by atoms with E-state index in [1.165, 1.54) is 0 Å². The lowest BCUT2D eigenvalue weighted by Gasteiger charge is -2.10. The second-order valence-electron chi connectivity index (χ2n) is 4.39. The number of anilines is 1. The van der Waals surface area contributed by atoms with Crippen molar-refractivity contribution in [2.24, 2.45) is 0 Å². The first-order valence-corrected chi connectivity index (χ1v) is 7.97. The molecule has 0 spiro atoms. The summed E-state index contributed by atoms with van der Waals surface area (Å²) in [4.78, 5) is 0. The fourth-order valence-corrected chi connectivity index (χ4v) is 3.46. The smallest absolute Gasteiger partial charge is 0.125 e. The molecule has 0 heterocycles. The normalized spacial score (nSPS) is 12.1. The molecule has 0 bridgehead atoms. The lowest BCUT2D eigenvalue weighted by molar-refractivity contribution is 0.411. The highest BCUT2D eigenvalue weighted by atomic mass is 35.5. The van der Waals surface area contributed by atoms with Crippen LogP contribution in [0.25, 0.3) is 0 Å². The second kappa shape index (κ2) is 6.77. The van der Waals surface area contributed by atoms with Crippen LogP contribution in [0.15, 0.2) is 42.5 Å². The van der Waals surface area contributed by atoms with Gasteiger partial charge in [0.15, 0.2) is 0 Å². The fraction of sp³-hybridized carbons (Fsp3) is 0.200. The quantitative estimate of drug-likeness (QED) is 0.861. The van der Waals surface area contributed by atoms with Crippen LogP contribution >= 0.6 is 11.6 Å². The fourth-order valence-electron chi connectivity index (χ4n) is 1.89. The highest BCUT2D eigenvalue weighted by Gasteiger charge is 2.10. The molecule has 0 saturated carbocycles. The van der Waals surface area contributed by atoms with Crippen LogP contribution in [0.1, 0.15) is 11.1 Å². The summed E-state index contributed by atoms with van der Waals surface area (Å²) < 4.78 is 17.5. The Bertz CT molecular complexity index is 631. The minimum absolute atomic E-state index is 0.411. The van der Waals surface area contributed by atoms with Crippen LogP contribution in [0.3, 0.4) is 0 Å². The summed E-state index contributed by atoms with van der Waals surface area (Å²) in [6.45, 7) is 0. The van der Waals surface area contributed by atoms with Crippen molar-refractivity contribution in [1.82, 2.24) is 0 Å². The number of benzene rings is 2. The molecule has 5 heteroatoms. The minimum Gasteiger partial charge on any atom is -0.496 e. The maximum atomic E-state index is 12.3. The van der Waals surface area contributed by atoms with Gasteiger partial charge in [-0.1, -0.05) is 35.9 Å². The van der Waals surface area contributed by atoms with Crippen LogP contribution in [0.5, 0.6) is 5.75 Å². The van der Waals surface area contributed by atoms with Gasteiger partial charge in [-0.2, -0.15) is 0 Å². The van der Waals surface area contributed by atoms with E-state index in [9.17, 15) is 4.21 Å². The largest absolute Gasteiger partial charge is 0.496 e. The van der Waals surface area contributed by atoms with Crippen LogP contribution in [0.4, 0.5) is 5.69 Å². The van der Waals surface area contributed by atoms with Gasteiger partial charge in [-0.3, -0.25) is 4.21 Å². The molecule has 106 valence electrons. The third kappa shape index (κ3) is 3.74. The van der Waals surface area contributed by atoms with Gasteiger partial charge in [-0.05, 0) is 17.7 Å². The zero-order chi connectivity index (χ0) is 14.5. The molecule has 2 N–H and O–H groups in total. The summed E-state index contributed by atoms with van der Waals surface area (Å²) in [6.07, 6.45) is 0. The Kier molecular flexibility index (Phi) is 5.04. The molecule has 0 aliphatic rings. The third-order valence-corrected chi connectivity index (χ3v) is 4.54. The molecular formula is C15H16ClNO2S. The van der Waals surface area contributed by atoms with Crippen molar-refractivity contribution in [1.29, 1.82) is 0 Å². The summed E-state index contributed by atoms with van der Waals surface area (Å²) in [5.41, 5.74) is 8.10. The van der Waals surface area contributed by atoms with E-state index in [2.05, 4.69) is 0 Å². The Labute approximate surface area is 126 Å². The summed E-state index contributed by atoms with van der Waals surface area (Å²) in [5, 5.41) is 0.644. The highest BCUT2D eigenvalue weighted by Crippen LogP contribution is 2.24. The van der Waals surface area contributed by atoms with E-state index in [1.807, 2.05) is 24.3 Å². The first-order valence-electron chi connectivity index (χ1n) is 6.11. The van der Waals surface area contributed by atoms with Gasteiger partial charge in [0.05, 0.1) is 18.6 Å². The summed E-state index contributed by atoms with van der Waals surface area (Å²) in [7, 11) is 0.523. The predicted octanol–water partition coefficient (Wildman–Crippen LogP) is 3.38. The van der Waals surface area contributed by atoms with E-state index in [-0.39, 0.29) is 0 Å². The minimum atomic E-state index is -1.06. The maximum absolute atomic E-state index is 12.3. The number of nitrogen functional groups attached to an aromatic ring is 1. The van der Waals surface area contributed by atoms with Crippen molar-refractivity contribution in [3.8, 4) is 5.75 Å². The van der Waals surface area contributed by atoms with Gasteiger partial charge in [0, 0.05) is 33.1 Å². The van der Waals surface area contributed by atoms with Gasteiger partial charge in [-0.25, -0.2) is 0 Å². The molecule has 20 heavy (non-hydrogen) atoms. The summed E-state index contributed by atoms with van der Waals surface area (Å²) >= 11 is 6.07. The van der Waals surface area contributed by atoms with Gasteiger partial charge in [-0.15, -0.1) is 0 Å². The molecule has 0 fully saturated rings. The maximum Gasteiger partial charge on any atom is 0.125 e. The predicted molar refractivity (Wildman–Crippen MR) is 84.4 cm³/mol. The first kappa shape index (κ1) is 14.9. The third-order valence-electron chi connectivity index (χ3n) is 2.90. The van der Waals surface area contributed by atoms with Crippen LogP contribution in [0.2, 0.25) is 5.02 Å². The first-order chi connectivity index (χ1) is 9.60. The average Bonchev–Trinajstić information content (AvgIpc) is 2.43. The summed E-state index contributed by atoms with van der Waals surface area (Å²) in [5.74, 6) is 1.50. The number of hydrogen-bond acceptors (Lipinski definition) is 3. The Morgan fingerprint density at radius 1 is 1.15 bits per heavy atom. The SMILES string of the molecule is COc1cc(N)ccc1CS(=O)Cc1ccccc1Cl. The van der Waals surface area contributed by atoms with E-state index in [0.29, 0.717) is 28.0 Å². The molecule has 2 aromatic rings. The molecule has 1 unspecified atom stereocenters. The number of methoxy groups -OCH3 is 1. The topological polar surface area (TPSA) is 52.3 Å². The Morgan fingerprint density at radius 2 is 1.85 bits per heavy atom. The molecule has 0 aliphatic carbocycles. The number of nitrogens with two attached hydrogens (primary N) is 1. The number of rotatable bonds is 5. The zero-order valence-electron chi connectivity index (χ0n) is 11.1. The molecule has 0 aliphatic heterocycles. The molecule has 0 aromatic heterocycles. The van der Waals surface area contributed by atoms with Crippen LogP contribution < -0.4 is 10.5 Å². The highest BCUT2D eigenvalue weighted by molar-refractivity contribution is 7.83. The van der Waals surface area contributed by atoms with E-state index in [4.69, 9.17) is 22.1 Å². The zero-order valence-corrected chi connectivity index (χ0v) is 12.7. The monoisotopic (exact) mass is 309 g/mol. The Balaban J connectivity index is 2.11. The Hall–Kier alpha value is -1.52. The van der Waals surface area contributed by atoms with Crippen LogP contribution in [-0.4, -0.2) is 11.3 Å². The standard InChI is InChI=1S/C15H16ClNO2S/c1-19-15-8-13(17)7-6-12(15)10-20(18)9-11-4-2-3-5-14(11)16/h2-8H,9-10,17H2,1H3. The second-order valence-corrected chi connectivity index (χ2v) is 6.26. The number of hydrogen-bond donors (Lipinski definition) is 1. The van der Waals surface area contributed by atoms with Crippen molar-refractivity contribution in [3.63, 3.8) is 0 Å². The molecule has 0 amide bonds. The van der Waals surface area contributed by atoms with Crippen molar-refractivity contribution >= 4 is 28.1 Å². The average molecular weight is 310 g/mol. The van der Waals surface area contributed by atoms with Crippen molar-refractivity contribution in [3.05, 3.63) is 58.6 Å². The van der Waals surface area contributed by atoms with Gasteiger partial charge in [0.2, 0.25) is 0 Å². The Morgan fingerprint density at radius 3 is 2.55 bits per heavy atom. The van der Waals surface area contributed by atoms with E-state index >= 15 is 0 Å². The van der Waals surface area contributed by atoms with E-state index in [1.54, 1.807) is 25.3 Å². The summed E-state index contributed by atoms with van der Waals surface area (Å²) in [6, 6.07) is 12.8. The molecule has 2 rings (SSSR count). The molecule has 3 nitrogen and oxygen atoms in total. The molecular weight excluding hydrogens is 294 g/mol. The molecule has 1 atom stereocenters. The van der Waals surface area contributed by atoms with Gasteiger partial charge < -0.3 is 10.5 Å². The van der Waals surface area contributed by atoms with Crippen molar-refractivity contribution in [2.75, 3.05) is 12.8 Å². The van der Waals surface area contributed by atoms with Gasteiger partial charge in [0.1, 0.15) is 5.75 Å².